The first kappa shape index (κ1) is 21.2. The number of anilines is 2. The summed E-state index contributed by atoms with van der Waals surface area (Å²) in [5.74, 6) is -0.118. The van der Waals surface area contributed by atoms with Crippen LogP contribution in [0.1, 0.15) is 18.2 Å². The van der Waals surface area contributed by atoms with E-state index < -0.39 is 0 Å². The van der Waals surface area contributed by atoms with Gasteiger partial charge in [0.15, 0.2) is 5.13 Å². The van der Waals surface area contributed by atoms with Crippen LogP contribution in [-0.4, -0.2) is 20.4 Å². The van der Waals surface area contributed by atoms with Crippen molar-refractivity contribution in [3.05, 3.63) is 93.3 Å². The molecule has 0 N–H and O–H groups in total. The zero-order valence-corrected chi connectivity index (χ0v) is 19.7. The van der Waals surface area contributed by atoms with E-state index in [2.05, 4.69) is 9.97 Å². The van der Waals surface area contributed by atoms with Crippen molar-refractivity contribution in [3.8, 4) is 11.1 Å². The molecule has 0 aliphatic heterocycles. The number of fused-ring (bicyclic) bond motifs is 1. The zero-order valence-electron chi connectivity index (χ0n) is 18.1. The van der Waals surface area contributed by atoms with Crippen molar-refractivity contribution in [2.45, 2.75) is 20.4 Å². The van der Waals surface area contributed by atoms with Gasteiger partial charge in [0, 0.05) is 23.2 Å². The molecule has 5 aromatic rings. The lowest BCUT2D eigenvalue weighted by Gasteiger charge is -2.18. The molecule has 3 heterocycles. The van der Waals surface area contributed by atoms with Gasteiger partial charge in [-0.15, -0.1) is 22.7 Å². The molecule has 0 fully saturated rings. The fourth-order valence-corrected chi connectivity index (χ4v) is 5.54. The Hall–Kier alpha value is -3.62. The number of rotatable bonds is 5. The van der Waals surface area contributed by atoms with Crippen molar-refractivity contribution in [1.82, 2.24) is 14.5 Å². The lowest BCUT2D eigenvalue weighted by Crippen LogP contribution is -2.23. The van der Waals surface area contributed by atoms with Gasteiger partial charge in [0.1, 0.15) is 4.83 Å². The van der Waals surface area contributed by atoms with Crippen LogP contribution in [0, 0.1) is 6.92 Å². The zero-order chi connectivity index (χ0) is 22.9. The molecule has 8 heteroatoms. The van der Waals surface area contributed by atoms with Gasteiger partial charge >= 0.3 is 0 Å². The minimum absolute atomic E-state index is 0.100. The van der Waals surface area contributed by atoms with E-state index in [1.54, 1.807) is 15.8 Å². The number of carbonyl (C=O) groups is 1. The standard InChI is InChI=1S/C25H20N4O2S2/c1-16-7-6-10-20(11-16)29(17(2)30)25-27-19(13-33-25)12-28-15-26-23-22(24(28)31)21(14-32-23)18-8-4-3-5-9-18/h3-11,13-15H,12H2,1-2H3. The summed E-state index contributed by atoms with van der Waals surface area (Å²) in [6, 6.07) is 17.6. The molecule has 0 bridgehead atoms. The highest BCUT2D eigenvalue weighted by atomic mass is 32.1. The Kier molecular flexibility index (Phi) is 5.62. The Bertz CT molecular complexity index is 1520. The van der Waals surface area contributed by atoms with Crippen molar-refractivity contribution in [2.24, 2.45) is 0 Å². The number of thiophene rings is 1. The number of carbonyl (C=O) groups excluding carboxylic acids is 1. The molecular weight excluding hydrogens is 452 g/mol. The number of amides is 1. The summed E-state index contributed by atoms with van der Waals surface area (Å²) < 4.78 is 1.57. The molecular formula is C25H20N4O2S2. The second-order valence-corrected chi connectivity index (χ2v) is 9.38. The van der Waals surface area contributed by atoms with E-state index in [1.165, 1.54) is 29.6 Å². The molecule has 0 aliphatic carbocycles. The predicted octanol–water partition coefficient (Wildman–Crippen LogP) is 5.62. The van der Waals surface area contributed by atoms with Crippen molar-refractivity contribution in [1.29, 1.82) is 0 Å². The highest BCUT2D eigenvalue weighted by Gasteiger charge is 2.19. The molecule has 1 amide bonds. The Morgan fingerprint density at radius 2 is 1.88 bits per heavy atom. The van der Waals surface area contributed by atoms with Crippen LogP contribution < -0.4 is 10.5 Å². The molecule has 0 saturated heterocycles. The summed E-state index contributed by atoms with van der Waals surface area (Å²) in [6.07, 6.45) is 1.57. The number of hydrogen-bond donors (Lipinski definition) is 0. The van der Waals surface area contributed by atoms with E-state index in [-0.39, 0.29) is 18.0 Å². The van der Waals surface area contributed by atoms with Gasteiger partial charge in [0.2, 0.25) is 5.91 Å². The van der Waals surface area contributed by atoms with Gasteiger partial charge in [0.05, 0.1) is 29.6 Å². The van der Waals surface area contributed by atoms with Crippen LogP contribution in [0.5, 0.6) is 0 Å². The van der Waals surface area contributed by atoms with E-state index in [9.17, 15) is 9.59 Å². The van der Waals surface area contributed by atoms with Crippen LogP contribution in [0.25, 0.3) is 21.3 Å². The average Bonchev–Trinajstić information content (AvgIpc) is 3.44. The lowest BCUT2D eigenvalue weighted by molar-refractivity contribution is -0.115. The van der Waals surface area contributed by atoms with Gasteiger partial charge in [-0.05, 0) is 30.2 Å². The molecule has 0 aliphatic rings. The summed E-state index contributed by atoms with van der Waals surface area (Å²) in [6.45, 7) is 3.79. The molecule has 0 atom stereocenters. The fraction of sp³-hybridized carbons (Fsp3) is 0.120. The molecule has 2 aromatic carbocycles. The van der Waals surface area contributed by atoms with E-state index in [0.717, 1.165) is 27.2 Å². The maximum atomic E-state index is 13.3. The van der Waals surface area contributed by atoms with Crippen LogP contribution in [0.4, 0.5) is 10.8 Å². The van der Waals surface area contributed by atoms with Crippen molar-refractivity contribution < 1.29 is 4.79 Å². The van der Waals surface area contributed by atoms with Gasteiger partial charge in [-0.3, -0.25) is 19.1 Å². The van der Waals surface area contributed by atoms with Crippen LogP contribution in [0.15, 0.2) is 76.5 Å². The Balaban J connectivity index is 1.49. The van der Waals surface area contributed by atoms with Gasteiger partial charge in [-0.25, -0.2) is 9.97 Å². The number of benzene rings is 2. The van der Waals surface area contributed by atoms with E-state index in [1.807, 2.05) is 72.3 Å². The first-order chi connectivity index (χ1) is 16.0. The van der Waals surface area contributed by atoms with Gasteiger partial charge in [-0.2, -0.15) is 0 Å². The second kappa shape index (κ2) is 8.73. The third-order valence-corrected chi connectivity index (χ3v) is 7.04. The summed E-state index contributed by atoms with van der Waals surface area (Å²) in [5, 5.41) is 5.05. The predicted molar refractivity (Wildman–Crippen MR) is 135 cm³/mol. The van der Waals surface area contributed by atoms with Crippen molar-refractivity contribution in [3.63, 3.8) is 0 Å². The molecule has 0 radical (unpaired) electrons. The van der Waals surface area contributed by atoms with Gasteiger partial charge in [-0.1, -0.05) is 42.5 Å². The highest BCUT2D eigenvalue weighted by Crippen LogP contribution is 2.31. The smallest absolute Gasteiger partial charge is 0.263 e. The molecule has 0 spiro atoms. The number of hydrogen-bond acceptors (Lipinski definition) is 6. The molecule has 33 heavy (non-hydrogen) atoms. The van der Waals surface area contributed by atoms with E-state index in [0.29, 0.717) is 16.2 Å². The van der Waals surface area contributed by atoms with Crippen LogP contribution in [-0.2, 0) is 11.3 Å². The normalized spacial score (nSPS) is 11.1. The topological polar surface area (TPSA) is 68.1 Å². The summed E-state index contributed by atoms with van der Waals surface area (Å²) in [7, 11) is 0. The summed E-state index contributed by atoms with van der Waals surface area (Å²) in [4.78, 5) is 37.2. The minimum Gasteiger partial charge on any atom is -0.293 e. The SMILES string of the molecule is CC(=O)N(c1cccc(C)c1)c1nc(Cn2cnc3scc(-c4ccccc4)c3c2=O)cs1. The Morgan fingerprint density at radius 3 is 2.64 bits per heavy atom. The van der Waals surface area contributed by atoms with E-state index >= 15 is 0 Å². The lowest BCUT2D eigenvalue weighted by atomic mass is 10.1. The fourth-order valence-electron chi connectivity index (χ4n) is 3.75. The second-order valence-electron chi connectivity index (χ2n) is 7.69. The molecule has 0 saturated carbocycles. The number of aromatic nitrogens is 3. The van der Waals surface area contributed by atoms with Crippen LogP contribution >= 0.6 is 22.7 Å². The van der Waals surface area contributed by atoms with E-state index in [4.69, 9.17) is 0 Å². The van der Waals surface area contributed by atoms with Crippen LogP contribution in [0.2, 0.25) is 0 Å². The monoisotopic (exact) mass is 472 g/mol. The minimum atomic E-state index is -0.118. The van der Waals surface area contributed by atoms with Crippen LogP contribution in [0.3, 0.4) is 0 Å². The Morgan fingerprint density at radius 1 is 1.06 bits per heavy atom. The molecule has 3 aromatic heterocycles. The number of aryl methyl sites for hydroxylation is 1. The molecule has 5 rings (SSSR count). The molecule has 6 nitrogen and oxygen atoms in total. The van der Waals surface area contributed by atoms with Gasteiger partial charge in [0.25, 0.3) is 5.56 Å². The quantitative estimate of drug-likeness (QED) is 0.333. The first-order valence-corrected chi connectivity index (χ1v) is 12.1. The third-order valence-electron chi connectivity index (χ3n) is 5.28. The maximum absolute atomic E-state index is 13.3. The van der Waals surface area contributed by atoms with Crippen molar-refractivity contribution >= 4 is 49.6 Å². The largest absolute Gasteiger partial charge is 0.293 e. The average molecular weight is 473 g/mol. The Labute approximate surface area is 198 Å². The number of nitrogens with zero attached hydrogens (tertiary/aromatic N) is 4. The summed E-state index contributed by atoms with van der Waals surface area (Å²) in [5.41, 5.74) is 4.32. The molecule has 0 unspecified atom stereocenters. The molecule has 164 valence electrons. The third kappa shape index (κ3) is 4.10. The number of thiazole rings is 1. The maximum Gasteiger partial charge on any atom is 0.263 e. The highest BCUT2D eigenvalue weighted by molar-refractivity contribution is 7.17. The summed E-state index contributed by atoms with van der Waals surface area (Å²) >= 11 is 2.84. The first-order valence-electron chi connectivity index (χ1n) is 10.3. The van der Waals surface area contributed by atoms with Gasteiger partial charge < -0.3 is 0 Å². The van der Waals surface area contributed by atoms with Crippen molar-refractivity contribution in [2.75, 3.05) is 4.90 Å².